The molecule has 0 aromatic heterocycles. The highest BCUT2D eigenvalue weighted by molar-refractivity contribution is 6.14. The van der Waals surface area contributed by atoms with E-state index >= 15 is 0 Å². The normalized spacial score (nSPS) is 12.5. The van der Waals surface area contributed by atoms with E-state index in [0.29, 0.717) is 118 Å². The molecule has 1 aliphatic heterocycles. The highest BCUT2D eigenvalue weighted by Crippen LogP contribution is 2.25. The Morgan fingerprint density at radius 3 is 1.36 bits per heavy atom. The lowest BCUT2D eigenvalue weighted by Gasteiger charge is -2.13. The molecule has 1 heterocycles. The first-order valence-electron chi connectivity index (χ1n) is 18.0. The number of nitro benzene ring substituents is 1. The first-order chi connectivity index (χ1) is 27.3. The van der Waals surface area contributed by atoms with Crippen LogP contribution in [0, 0.1) is 10.1 Å². The Balaban J connectivity index is 1.21. The number of hydrogen-bond acceptors (Lipinski definition) is 17. The first kappa shape index (κ1) is 48.0. The van der Waals surface area contributed by atoms with Crippen molar-refractivity contribution in [1.29, 1.82) is 0 Å². The molecule has 0 bridgehead atoms. The molecule has 0 aliphatic carbocycles. The van der Waals surface area contributed by atoms with E-state index in [1.807, 2.05) is 0 Å². The average molecular weight is 804 g/mol. The Labute approximate surface area is 324 Å². The van der Waals surface area contributed by atoms with Crippen LogP contribution in [0.25, 0.3) is 0 Å². The van der Waals surface area contributed by atoms with Gasteiger partial charge in [-0.25, -0.2) is 4.79 Å². The minimum Gasteiger partial charge on any atom is -0.449 e. The van der Waals surface area contributed by atoms with Gasteiger partial charge < -0.3 is 62.5 Å². The second kappa shape index (κ2) is 32.0. The van der Waals surface area contributed by atoms with Crippen molar-refractivity contribution in [2.45, 2.75) is 6.42 Å². The smallest absolute Gasteiger partial charge is 0.449 e. The summed E-state index contributed by atoms with van der Waals surface area (Å²) >= 11 is 0. The predicted octanol–water partition coefficient (Wildman–Crippen LogP) is 0.401. The summed E-state index contributed by atoms with van der Waals surface area (Å²) in [7, 11) is 0. The largest absolute Gasteiger partial charge is 0.511 e. The standard InChI is InChI=1S/C35H53N3O18/c39-32(28-37-33(40)3-4-34(37)41)36-6-8-47-10-12-49-14-16-51-18-20-53-22-24-55-26-25-54-23-21-52-19-17-50-15-13-48-11-9-46-7-5-29-27-30(38(44)45)1-2-31(29)56-35(42)43/h1-4,27H,5-26,28H2,(H,36,39)(H,42,43). The first-order valence-corrected chi connectivity index (χ1v) is 18.0. The third-order valence-electron chi connectivity index (χ3n) is 7.09. The minimum absolute atomic E-state index is 0.0254. The summed E-state index contributed by atoms with van der Waals surface area (Å²) < 4.78 is 59.0. The number of ether oxygens (including phenoxy) is 11. The molecule has 0 atom stereocenters. The molecule has 2 N–H and O–H groups in total. The summed E-state index contributed by atoms with van der Waals surface area (Å²) in [5.74, 6) is -1.42. The van der Waals surface area contributed by atoms with E-state index in [4.69, 9.17) is 52.5 Å². The number of rotatable bonds is 37. The molecule has 3 amide bonds. The van der Waals surface area contributed by atoms with Gasteiger partial charge in [0, 0.05) is 36.4 Å². The molecule has 56 heavy (non-hydrogen) atoms. The van der Waals surface area contributed by atoms with E-state index in [0.717, 1.165) is 17.1 Å². The molecule has 0 saturated heterocycles. The van der Waals surface area contributed by atoms with Crippen LogP contribution in [0.4, 0.5) is 10.5 Å². The zero-order valence-electron chi connectivity index (χ0n) is 31.4. The summed E-state index contributed by atoms with van der Waals surface area (Å²) in [6, 6.07) is 3.68. The molecule has 21 heteroatoms. The molecular formula is C35H53N3O18. The fourth-order valence-electron chi connectivity index (χ4n) is 4.38. The number of carboxylic acid groups (broad SMARTS) is 1. The topological polar surface area (TPSA) is 248 Å². The van der Waals surface area contributed by atoms with Crippen molar-refractivity contribution in [3.8, 4) is 5.75 Å². The number of nitrogens with one attached hydrogen (secondary N) is 1. The summed E-state index contributed by atoms with van der Waals surface area (Å²) in [6.45, 7) is 7.56. The van der Waals surface area contributed by atoms with E-state index in [2.05, 4.69) is 10.1 Å². The molecule has 1 aromatic carbocycles. The maximum absolute atomic E-state index is 11.8. The molecule has 0 unspecified atom stereocenters. The summed E-state index contributed by atoms with van der Waals surface area (Å²) in [4.78, 5) is 56.8. The molecule has 0 spiro atoms. The monoisotopic (exact) mass is 803 g/mol. The fourth-order valence-corrected chi connectivity index (χ4v) is 4.38. The maximum atomic E-state index is 11.8. The number of amides is 3. The van der Waals surface area contributed by atoms with Crippen LogP contribution in [0.2, 0.25) is 0 Å². The van der Waals surface area contributed by atoms with E-state index in [1.54, 1.807) is 0 Å². The quantitative estimate of drug-likeness (QED) is 0.0231. The minimum atomic E-state index is -1.51. The van der Waals surface area contributed by atoms with Gasteiger partial charge in [0.2, 0.25) is 5.91 Å². The van der Waals surface area contributed by atoms with Gasteiger partial charge in [-0.2, -0.15) is 0 Å². The van der Waals surface area contributed by atoms with Crippen LogP contribution in [0.1, 0.15) is 5.56 Å². The second-order valence-electron chi connectivity index (χ2n) is 11.2. The number of hydrogen-bond donors (Lipinski definition) is 2. The van der Waals surface area contributed by atoms with Crippen molar-refractivity contribution < 1.29 is 81.3 Å². The van der Waals surface area contributed by atoms with Gasteiger partial charge >= 0.3 is 6.16 Å². The van der Waals surface area contributed by atoms with Gasteiger partial charge in [-0.1, -0.05) is 0 Å². The van der Waals surface area contributed by atoms with Gasteiger partial charge in [0.25, 0.3) is 17.5 Å². The van der Waals surface area contributed by atoms with Gasteiger partial charge in [0.05, 0.1) is 137 Å². The molecule has 2 rings (SSSR count). The zero-order valence-corrected chi connectivity index (χ0v) is 31.4. The van der Waals surface area contributed by atoms with Crippen LogP contribution in [-0.2, 0) is 68.2 Å². The maximum Gasteiger partial charge on any atom is 0.511 e. The Bertz CT molecular complexity index is 1300. The van der Waals surface area contributed by atoms with Crippen LogP contribution in [-0.4, -0.2) is 184 Å². The summed E-state index contributed by atoms with van der Waals surface area (Å²) in [6.07, 6.45) is 0.977. The Morgan fingerprint density at radius 2 is 0.982 bits per heavy atom. The molecule has 0 radical (unpaired) electrons. The Kier molecular flexibility index (Phi) is 27.4. The average Bonchev–Trinajstić information content (AvgIpc) is 3.48. The predicted molar refractivity (Wildman–Crippen MR) is 193 cm³/mol. The van der Waals surface area contributed by atoms with Crippen LogP contribution >= 0.6 is 0 Å². The number of carbonyl (C=O) groups excluding carboxylic acids is 3. The van der Waals surface area contributed by atoms with E-state index < -0.39 is 28.8 Å². The van der Waals surface area contributed by atoms with E-state index in [1.165, 1.54) is 18.2 Å². The lowest BCUT2D eigenvalue weighted by atomic mass is 10.1. The number of imide groups is 1. The van der Waals surface area contributed by atoms with Crippen molar-refractivity contribution in [3.05, 3.63) is 46.0 Å². The van der Waals surface area contributed by atoms with E-state index in [-0.39, 0.29) is 50.8 Å². The van der Waals surface area contributed by atoms with Crippen molar-refractivity contribution in [2.75, 3.05) is 145 Å². The van der Waals surface area contributed by atoms with Gasteiger partial charge in [0.15, 0.2) is 0 Å². The van der Waals surface area contributed by atoms with Crippen molar-refractivity contribution in [1.82, 2.24) is 10.2 Å². The van der Waals surface area contributed by atoms with Gasteiger partial charge in [-0.15, -0.1) is 0 Å². The molecule has 316 valence electrons. The third kappa shape index (κ3) is 24.4. The zero-order chi connectivity index (χ0) is 40.5. The molecule has 0 saturated carbocycles. The lowest BCUT2D eigenvalue weighted by molar-refractivity contribution is -0.384. The molecule has 21 nitrogen and oxygen atoms in total. The number of benzene rings is 1. The van der Waals surface area contributed by atoms with E-state index in [9.17, 15) is 29.3 Å². The second-order valence-corrected chi connectivity index (χ2v) is 11.2. The molecule has 0 fully saturated rings. The van der Waals surface area contributed by atoms with Crippen molar-refractivity contribution in [2.24, 2.45) is 0 Å². The van der Waals surface area contributed by atoms with Gasteiger partial charge in [-0.3, -0.25) is 29.4 Å². The van der Waals surface area contributed by atoms with Crippen LogP contribution in [0.3, 0.4) is 0 Å². The lowest BCUT2D eigenvalue weighted by Crippen LogP contribution is -2.41. The number of non-ortho nitro benzene ring substituents is 1. The van der Waals surface area contributed by atoms with Crippen LogP contribution in [0.15, 0.2) is 30.4 Å². The van der Waals surface area contributed by atoms with Crippen molar-refractivity contribution in [3.63, 3.8) is 0 Å². The Morgan fingerprint density at radius 1 is 0.607 bits per heavy atom. The van der Waals surface area contributed by atoms with Gasteiger partial charge in [-0.05, 0) is 12.5 Å². The highest BCUT2D eigenvalue weighted by atomic mass is 16.7. The van der Waals surface area contributed by atoms with Crippen molar-refractivity contribution >= 4 is 29.6 Å². The number of carbonyl (C=O) groups is 4. The summed E-state index contributed by atoms with van der Waals surface area (Å²) in [5, 5.41) is 22.4. The molecule has 1 aromatic rings. The third-order valence-corrected chi connectivity index (χ3v) is 7.09. The van der Waals surface area contributed by atoms with Crippen LogP contribution < -0.4 is 10.1 Å². The fraction of sp³-hybridized carbons (Fsp3) is 0.657. The number of nitrogens with zero attached hydrogens (tertiary/aromatic N) is 2. The van der Waals surface area contributed by atoms with Crippen LogP contribution in [0.5, 0.6) is 5.75 Å². The van der Waals surface area contributed by atoms with Gasteiger partial charge in [0.1, 0.15) is 12.3 Å². The molecule has 1 aliphatic rings. The SMILES string of the molecule is O=C(CN1C(=O)C=CC1=O)NCCOCCOCCOCCOCCOCCOCCOCCOCCOCCOCCc1cc([N+](=O)[O-])ccc1OC(=O)O. The summed E-state index contributed by atoms with van der Waals surface area (Å²) in [5.41, 5.74) is 0.186. The number of nitro groups is 1. The Hall–Kier alpha value is -4.16. The molecular weight excluding hydrogens is 750 g/mol. The highest BCUT2D eigenvalue weighted by Gasteiger charge is 2.25.